The lowest BCUT2D eigenvalue weighted by Gasteiger charge is -2.32. The molecule has 5 heteroatoms. The Morgan fingerprint density at radius 3 is 2.33 bits per heavy atom. The van der Waals surface area contributed by atoms with Crippen LogP contribution in [0.3, 0.4) is 0 Å². The summed E-state index contributed by atoms with van der Waals surface area (Å²) < 4.78 is 0. The van der Waals surface area contributed by atoms with Crippen LogP contribution in [0.2, 0.25) is 0 Å². The van der Waals surface area contributed by atoms with Crippen molar-refractivity contribution in [2.45, 2.75) is 24.4 Å². The molecule has 12 heavy (non-hydrogen) atoms. The molecule has 0 aliphatic heterocycles. The molecule has 0 fully saturated rings. The topological polar surface area (TPSA) is 107 Å². The summed E-state index contributed by atoms with van der Waals surface area (Å²) in [5.74, 6) is 0. The predicted molar refractivity (Wildman–Crippen MR) is 41.2 cm³/mol. The Morgan fingerprint density at radius 1 is 1.25 bits per heavy atom. The first-order chi connectivity index (χ1) is 5.57. The molecule has 6 N–H and O–H groups in total. The van der Waals surface area contributed by atoms with E-state index in [0.29, 0.717) is 0 Å². The normalized spacial score (nSPS) is 42.6. The molecule has 0 aromatic rings. The fraction of sp³-hybridized carbons (Fsp3) is 0.714. The Labute approximate surface area is 69.8 Å². The summed E-state index contributed by atoms with van der Waals surface area (Å²) in [4.78, 5) is 0. The molecule has 1 rings (SSSR count). The quantitative estimate of drug-likeness (QED) is 0.279. The minimum atomic E-state index is -1.31. The first-order valence-corrected chi connectivity index (χ1v) is 3.69. The van der Waals surface area contributed by atoms with Gasteiger partial charge in [0.1, 0.15) is 18.3 Å². The van der Waals surface area contributed by atoms with E-state index in [1.165, 1.54) is 6.08 Å². The lowest BCUT2D eigenvalue weighted by atomic mass is 9.89. The van der Waals surface area contributed by atoms with Crippen LogP contribution in [0.25, 0.3) is 0 Å². The number of hydrogen-bond donors (Lipinski definition) is 5. The monoisotopic (exact) mass is 175 g/mol. The molecule has 0 saturated carbocycles. The van der Waals surface area contributed by atoms with Crippen molar-refractivity contribution in [2.75, 3.05) is 6.61 Å². The summed E-state index contributed by atoms with van der Waals surface area (Å²) in [5.41, 5.74) is 5.64. The summed E-state index contributed by atoms with van der Waals surface area (Å²) in [5, 5.41) is 36.3. The van der Waals surface area contributed by atoms with Crippen molar-refractivity contribution in [3.63, 3.8) is 0 Å². The van der Waals surface area contributed by atoms with Crippen LogP contribution < -0.4 is 5.73 Å². The lowest BCUT2D eigenvalue weighted by Crippen LogP contribution is -2.52. The fourth-order valence-corrected chi connectivity index (χ4v) is 1.22. The van der Waals surface area contributed by atoms with Gasteiger partial charge in [-0.05, 0) is 5.57 Å². The maximum Gasteiger partial charge on any atom is 0.111 e. The Kier molecular flexibility index (Phi) is 2.81. The van der Waals surface area contributed by atoms with Crippen LogP contribution in [-0.2, 0) is 0 Å². The number of rotatable bonds is 1. The van der Waals surface area contributed by atoms with E-state index in [1.807, 2.05) is 0 Å². The van der Waals surface area contributed by atoms with E-state index in [2.05, 4.69) is 0 Å². The molecule has 0 bridgehead atoms. The van der Waals surface area contributed by atoms with Crippen LogP contribution in [0, 0.1) is 0 Å². The molecule has 1 aliphatic rings. The van der Waals surface area contributed by atoms with Crippen molar-refractivity contribution < 1.29 is 20.4 Å². The van der Waals surface area contributed by atoms with E-state index < -0.39 is 24.4 Å². The van der Waals surface area contributed by atoms with Crippen LogP contribution in [-0.4, -0.2) is 51.4 Å². The first-order valence-electron chi connectivity index (χ1n) is 3.69. The maximum absolute atomic E-state index is 9.23. The molecule has 0 saturated heterocycles. The molecule has 0 unspecified atom stereocenters. The molecule has 0 radical (unpaired) electrons. The van der Waals surface area contributed by atoms with Gasteiger partial charge in [0.2, 0.25) is 0 Å². The Balaban J connectivity index is 2.84. The molecule has 0 aromatic heterocycles. The van der Waals surface area contributed by atoms with Gasteiger partial charge in [-0.25, -0.2) is 0 Å². The van der Waals surface area contributed by atoms with Gasteiger partial charge < -0.3 is 26.2 Å². The third-order valence-electron chi connectivity index (χ3n) is 2.04. The first kappa shape index (κ1) is 9.63. The van der Waals surface area contributed by atoms with E-state index >= 15 is 0 Å². The molecular weight excluding hydrogens is 162 g/mol. The molecule has 0 amide bonds. The zero-order valence-corrected chi connectivity index (χ0v) is 6.46. The van der Waals surface area contributed by atoms with Crippen LogP contribution >= 0.6 is 0 Å². The van der Waals surface area contributed by atoms with E-state index in [-0.39, 0.29) is 12.2 Å². The minimum absolute atomic E-state index is 0.250. The van der Waals surface area contributed by atoms with Crippen LogP contribution in [0.4, 0.5) is 0 Å². The second-order valence-electron chi connectivity index (χ2n) is 2.90. The second kappa shape index (κ2) is 3.51. The summed E-state index contributed by atoms with van der Waals surface area (Å²) >= 11 is 0. The third kappa shape index (κ3) is 1.50. The highest BCUT2D eigenvalue weighted by Gasteiger charge is 2.34. The lowest BCUT2D eigenvalue weighted by molar-refractivity contribution is -0.0596. The molecule has 1 aliphatic carbocycles. The summed E-state index contributed by atoms with van der Waals surface area (Å²) in [6.45, 7) is -0.362. The van der Waals surface area contributed by atoms with Crippen molar-refractivity contribution in [3.05, 3.63) is 11.6 Å². The van der Waals surface area contributed by atoms with Gasteiger partial charge in [-0.3, -0.25) is 0 Å². The summed E-state index contributed by atoms with van der Waals surface area (Å²) in [6, 6.07) is -0.731. The Bertz CT molecular complexity index is 194. The van der Waals surface area contributed by atoms with E-state index in [4.69, 9.17) is 15.9 Å². The zero-order chi connectivity index (χ0) is 9.30. The molecule has 0 aromatic carbocycles. The molecule has 70 valence electrons. The Morgan fingerprint density at radius 2 is 1.83 bits per heavy atom. The average molecular weight is 175 g/mol. The van der Waals surface area contributed by atoms with E-state index in [1.54, 1.807) is 0 Å². The van der Waals surface area contributed by atoms with Gasteiger partial charge in [0, 0.05) is 0 Å². The number of aliphatic hydroxyl groups excluding tert-OH is 4. The van der Waals surface area contributed by atoms with Gasteiger partial charge in [0.25, 0.3) is 0 Å². The number of nitrogens with two attached hydrogens (primary N) is 1. The van der Waals surface area contributed by atoms with Crippen molar-refractivity contribution in [1.82, 2.24) is 0 Å². The van der Waals surface area contributed by atoms with E-state index in [9.17, 15) is 10.2 Å². The SMILES string of the molecule is N[C@H]1C=C(CO)[C@H](O)[C@@H](O)[C@H]1O. The standard InChI is InChI=1S/C7H13NO4/c8-4-1-3(2-9)5(10)7(12)6(4)11/h1,4-7,9-12H,2,8H2/t4-,5-,6-,7+/m0/s1. The van der Waals surface area contributed by atoms with Crippen molar-refractivity contribution in [3.8, 4) is 0 Å². The van der Waals surface area contributed by atoms with Crippen molar-refractivity contribution in [2.24, 2.45) is 5.73 Å². The van der Waals surface area contributed by atoms with Gasteiger partial charge in [-0.1, -0.05) is 6.08 Å². The van der Waals surface area contributed by atoms with Crippen LogP contribution in [0.1, 0.15) is 0 Å². The molecule has 0 spiro atoms. The van der Waals surface area contributed by atoms with Crippen molar-refractivity contribution in [1.29, 1.82) is 0 Å². The Hall–Kier alpha value is -0.460. The number of hydrogen-bond acceptors (Lipinski definition) is 5. The number of aliphatic hydroxyl groups is 4. The molecule has 4 atom stereocenters. The largest absolute Gasteiger partial charge is 0.392 e. The highest BCUT2D eigenvalue weighted by Crippen LogP contribution is 2.18. The average Bonchev–Trinajstić information content (AvgIpc) is 2.08. The van der Waals surface area contributed by atoms with Gasteiger partial charge in [0.15, 0.2) is 0 Å². The second-order valence-corrected chi connectivity index (χ2v) is 2.90. The third-order valence-corrected chi connectivity index (χ3v) is 2.04. The van der Waals surface area contributed by atoms with Gasteiger partial charge in [-0.2, -0.15) is 0 Å². The molecule has 0 heterocycles. The molecule has 5 nitrogen and oxygen atoms in total. The predicted octanol–water partition coefficient (Wildman–Crippen LogP) is -2.67. The van der Waals surface area contributed by atoms with Gasteiger partial charge in [0.05, 0.1) is 12.6 Å². The summed E-state index contributed by atoms with van der Waals surface area (Å²) in [6.07, 6.45) is -2.34. The van der Waals surface area contributed by atoms with Gasteiger partial charge in [-0.15, -0.1) is 0 Å². The van der Waals surface area contributed by atoms with Crippen LogP contribution in [0.5, 0.6) is 0 Å². The summed E-state index contributed by atoms with van der Waals surface area (Å²) in [7, 11) is 0. The maximum atomic E-state index is 9.23. The fourth-order valence-electron chi connectivity index (χ4n) is 1.22. The van der Waals surface area contributed by atoms with Crippen molar-refractivity contribution >= 4 is 0 Å². The highest BCUT2D eigenvalue weighted by molar-refractivity contribution is 5.20. The smallest absolute Gasteiger partial charge is 0.111 e. The minimum Gasteiger partial charge on any atom is -0.392 e. The van der Waals surface area contributed by atoms with Gasteiger partial charge >= 0.3 is 0 Å². The molecular formula is C7H13NO4. The highest BCUT2D eigenvalue weighted by atomic mass is 16.4. The van der Waals surface area contributed by atoms with E-state index in [0.717, 1.165) is 0 Å². The van der Waals surface area contributed by atoms with Crippen LogP contribution in [0.15, 0.2) is 11.6 Å². The zero-order valence-electron chi connectivity index (χ0n) is 6.46.